The Balaban J connectivity index is 2.51. The number of nitrogens with zero attached hydrogens (tertiary/aromatic N) is 1. The number of benzene rings is 1. The van der Waals surface area contributed by atoms with E-state index in [0.717, 1.165) is 30.8 Å². The van der Waals surface area contributed by atoms with E-state index in [2.05, 4.69) is 11.0 Å². The molecule has 2 N–H and O–H groups in total. The molecule has 4 heteroatoms. The van der Waals surface area contributed by atoms with Crippen LogP contribution in [0.4, 0.5) is 5.69 Å². The van der Waals surface area contributed by atoms with Gasteiger partial charge in [-0.15, -0.1) is 0 Å². The Hall–Kier alpha value is -1.29. The molecule has 0 aliphatic carbocycles. The van der Waals surface area contributed by atoms with Gasteiger partial charge in [-0.25, -0.2) is 0 Å². The highest BCUT2D eigenvalue weighted by atomic mass is 32.1. The molecular weight excluding hydrogens is 220 g/mol. The van der Waals surface area contributed by atoms with Gasteiger partial charge in [-0.3, -0.25) is 0 Å². The summed E-state index contributed by atoms with van der Waals surface area (Å²) < 4.78 is 5.18. The lowest BCUT2D eigenvalue weighted by Gasteiger charge is -2.19. The monoisotopic (exact) mass is 238 g/mol. The van der Waals surface area contributed by atoms with E-state index in [0.29, 0.717) is 4.99 Å². The molecule has 0 fully saturated rings. The minimum Gasteiger partial charge on any atom is -0.497 e. The fourth-order valence-electron chi connectivity index (χ4n) is 1.47. The molecule has 0 aromatic heterocycles. The van der Waals surface area contributed by atoms with Gasteiger partial charge in [0.1, 0.15) is 5.75 Å². The summed E-state index contributed by atoms with van der Waals surface area (Å²) >= 11 is 4.84. The Labute approximate surface area is 102 Å². The quantitative estimate of drug-likeness (QED) is 0.771. The van der Waals surface area contributed by atoms with Crippen molar-refractivity contribution in [2.45, 2.75) is 12.8 Å². The van der Waals surface area contributed by atoms with Crippen LogP contribution < -0.4 is 15.4 Å². The second kappa shape index (κ2) is 6.33. The molecule has 0 bridgehead atoms. The van der Waals surface area contributed by atoms with Crippen molar-refractivity contribution in [3.8, 4) is 5.75 Å². The predicted molar refractivity (Wildman–Crippen MR) is 72.3 cm³/mol. The molecule has 0 saturated carbocycles. The van der Waals surface area contributed by atoms with Crippen LogP contribution >= 0.6 is 12.2 Å². The molecule has 88 valence electrons. The maximum Gasteiger partial charge on any atom is 0.120 e. The van der Waals surface area contributed by atoms with Crippen molar-refractivity contribution < 1.29 is 4.74 Å². The molecule has 0 aliphatic rings. The topological polar surface area (TPSA) is 38.5 Å². The van der Waals surface area contributed by atoms with Crippen LogP contribution in [0.25, 0.3) is 0 Å². The minimum atomic E-state index is 0.582. The number of hydrogen-bond donors (Lipinski definition) is 1. The maximum absolute atomic E-state index is 5.46. The highest BCUT2D eigenvalue weighted by Crippen LogP contribution is 2.19. The molecule has 3 nitrogen and oxygen atoms in total. The van der Waals surface area contributed by atoms with Gasteiger partial charge in [0.25, 0.3) is 0 Å². The molecule has 0 unspecified atom stereocenters. The van der Waals surface area contributed by atoms with Gasteiger partial charge in [0.05, 0.1) is 12.1 Å². The Morgan fingerprint density at radius 2 is 2.25 bits per heavy atom. The molecule has 0 amide bonds. The van der Waals surface area contributed by atoms with Crippen molar-refractivity contribution in [2.24, 2.45) is 5.73 Å². The number of nitrogens with two attached hydrogens (primary N) is 1. The summed E-state index contributed by atoms with van der Waals surface area (Å²) in [7, 11) is 3.72. The van der Waals surface area contributed by atoms with Crippen molar-refractivity contribution in [1.82, 2.24) is 0 Å². The molecular formula is C12H18N2OS. The summed E-state index contributed by atoms with van der Waals surface area (Å²) in [5.41, 5.74) is 6.60. The van der Waals surface area contributed by atoms with Crippen molar-refractivity contribution in [3.05, 3.63) is 24.3 Å². The van der Waals surface area contributed by atoms with E-state index in [1.807, 2.05) is 25.2 Å². The van der Waals surface area contributed by atoms with E-state index in [1.54, 1.807) is 7.11 Å². The standard InChI is InChI=1S/C12H18N2OS/c1-14(8-4-7-12(13)16)10-5-3-6-11(9-10)15-2/h3,5-6,9H,4,7-8H2,1-2H3,(H2,13,16). The van der Waals surface area contributed by atoms with Gasteiger partial charge in [-0.05, 0) is 25.0 Å². The summed E-state index contributed by atoms with van der Waals surface area (Å²) in [6.07, 6.45) is 1.77. The zero-order valence-corrected chi connectivity index (χ0v) is 10.6. The van der Waals surface area contributed by atoms with Crippen LogP contribution in [0.5, 0.6) is 5.75 Å². The lowest BCUT2D eigenvalue weighted by Crippen LogP contribution is -2.20. The summed E-state index contributed by atoms with van der Waals surface area (Å²) in [6, 6.07) is 7.99. The maximum atomic E-state index is 5.46. The third-order valence-corrected chi connectivity index (χ3v) is 2.61. The minimum absolute atomic E-state index is 0.582. The molecule has 1 aromatic rings. The predicted octanol–water partition coefficient (Wildman–Crippen LogP) is 2.20. The van der Waals surface area contributed by atoms with Gasteiger partial charge in [-0.1, -0.05) is 18.3 Å². The van der Waals surface area contributed by atoms with Crippen molar-refractivity contribution >= 4 is 22.9 Å². The van der Waals surface area contributed by atoms with Crippen LogP contribution in [0.3, 0.4) is 0 Å². The summed E-state index contributed by atoms with van der Waals surface area (Å²) in [4.78, 5) is 2.75. The van der Waals surface area contributed by atoms with Gasteiger partial charge >= 0.3 is 0 Å². The van der Waals surface area contributed by atoms with E-state index in [1.165, 1.54) is 0 Å². The smallest absolute Gasteiger partial charge is 0.120 e. The van der Waals surface area contributed by atoms with Gasteiger partial charge in [0.2, 0.25) is 0 Å². The Morgan fingerprint density at radius 1 is 1.50 bits per heavy atom. The fourth-order valence-corrected chi connectivity index (χ4v) is 1.61. The number of ether oxygens (including phenoxy) is 1. The highest BCUT2D eigenvalue weighted by molar-refractivity contribution is 7.80. The summed E-state index contributed by atoms with van der Waals surface area (Å²) in [5, 5.41) is 0. The third-order valence-electron chi connectivity index (χ3n) is 2.41. The molecule has 0 atom stereocenters. The van der Waals surface area contributed by atoms with Crippen molar-refractivity contribution in [1.29, 1.82) is 0 Å². The van der Waals surface area contributed by atoms with Gasteiger partial charge in [0, 0.05) is 25.3 Å². The largest absolute Gasteiger partial charge is 0.497 e. The van der Waals surface area contributed by atoms with Crippen molar-refractivity contribution in [2.75, 3.05) is 25.6 Å². The molecule has 0 heterocycles. The Kier molecular flexibility index (Phi) is 5.05. The van der Waals surface area contributed by atoms with Gasteiger partial charge in [-0.2, -0.15) is 0 Å². The molecule has 0 aliphatic heterocycles. The van der Waals surface area contributed by atoms with Crippen LogP contribution in [0, 0.1) is 0 Å². The first-order valence-corrected chi connectivity index (χ1v) is 5.68. The first-order chi connectivity index (χ1) is 7.63. The molecule has 0 spiro atoms. The summed E-state index contributed by atoms with van der Waals surface area (Å²) in [6.45, 7) is 0.935. The zero-order valence-electron chi connectivity index (χ0n) is 9.77. The van der Waals surface area contributed by atoms with Crippen LogP contribution in [0.1, 0.15) is 12.8 Å². The molecule has 0 radical (unpaired) electrons. The van der Waals surface area contributed by atoms with E-state index >= 15 is 0 Å². The van der Waals surface area contributed by atoms with Crippen molar-refractivity contribution in [3.63, 3.8) is 0 Å². The van der Waals surface area contributed by atoms with E-state index < -0.39 is 0 Å². The number of thiocarbonyl (C=S) groups is 1. The third kappa shape index (κ3) is 4.06. The lowest BCUT2D eigenvalue weighted by molar-refractivity contribution is 0.415. The molecule has 1 aromatic carbocycles. The molecule has 16 heavy (non-hydrogen) atoms. The van der Waals surface area contributed by atoms with Crippen LogP contribution in [-0.4, -0.2) is 25.7 Å². The fraction of sp³-hybridized carbons (Fsp3) is 0.417. The Bertz CT molecular complexity index is 355. The van der Waals surface area contributed by atoms with E-state index in [4.69, 9.17) is 22.7 Å². The highest BCUT2D eigenvalue weighted by Gasteiger charge is 2.02. The average Bonchev–Trinajstić information content (AvgIpc) is 2.28. The van der Waals surface area contributed by atoms with Gasteiger partial charge in [0.15, 0.2) is 0 Å². The van der Waals surface area contributed by atoms with E-state index in [9.17, 15) is 0 Å². The van der Waals surface area contributed by atoms with Gasteiger partial charge < -0.3 is 15.4 Å². The van der Waals surface area contributed by atoms with Crippen LogP contribution in [-0.2, 0) is 0 Å². The molecule has 1 rings (SSSR count). The SMILES string of the molecule is COc1cccc(N(C)CCCC(N)=S)c1. The second-order valence-corrected chi connectivity index (χ2v) is 4.22. The Morgan fingerprint density at radius 3 is 2.88 bits per heavy atom. The molecule has 0 saturated heterocycles. The number of rotatable bonds is 6. The van der Waals surface area contributed by atoms with E-state index in [-0.39, 0.29) is 0 Å². The number of methoxy groups -OCH3 is 1. The zero-order chi connectivity index (χ0) is 12.0. The van der Waals surface area contributed by atoms with Crippen LogP contribution in [0.15, 0.2) is 24.3 Å². The van der Waals surface area contributed by atoms with Crippen LogP contribution in [0.2, 0.25) is 0 Å². The normalized spacial score (nSPS) is 9.88. The average molecular weight is 238 g/mol. The first kappa shape index (κ1) is 12.8. The second-order valence-electron chi connectivity index (χ2n) is 3.69. The lowest BCUT2D eigenvalue weighted by atomic mass is 10.2. The number of anilines is 1. The summed E-state index contributed by atoms with van der Waals surface area (Å²) in [5.74, 6) is 0.874. The first-order valence-electron chi connectivity index (χ1n) is 5.27. The number of hydrogen-bond acceptors (Lipinski definition) is 3.